The number of aliphatic imine (C=N–C) groups is 1. The Morgan fingerprint density at radius 2 is 2.00 bits per heavy atom. The van der Waals surface area contributed by atoms with Crippen LogP contribution >= 0.6 is 0 Å². The van der Waals surface area contributed by atoms with Crippen molar-refractivity contribution in [2.75, 3.05) is 33.7 Å². The number of piperidine rings is 1. The molecule has 0 bridgehead atoms. The van der Waals surface area contributed by atoms with Gasteiger partial charge in [-0.15, -0.1) is 0 Å². The fourth-order valence-electron chi connectivity index (χ4n) is 4.04. The van der Waals surface area contributed by atoms with Gasteiger partial charge in [-0.2, -0.15) is 0 Å². The number of likely N-dealkylation sites (tertiary alicyclic amines) is 1. The normalized spacial score (nSPS) is 23.8. The number of para-hydroxylation sites is 1. The molecule has 3 rings (SSSR count). The lowest BCUT2D eigenvalue weighted by Crippen LogP contribution is -2.45. The molecule has 2 N–H and O–H groups in total. The van der Waals surface area contributed by atoms with E-state index in [1.54, 1.807) is 0 Å². The van der Waals surface area contributed by atoms with Crippen LogP contribution < -0.4 is 15.4 Å². The van der Waals surface area contributed by atoms with Crippen molar-refractivity contribution in [2.45, 2.75) is 51.2 Å². The van der Waals surface area contributed by atoms with Gasteiger partial charge in [-0.05, 0) is 65.2 Å². The Hall–Kier alpha value is -1.75. The molecule has 2 aliphatic rings. The van der Waals surface area contributed by atoms with E-state index in [-0.39, 0.29) is 11.6 Å². The molecule has 0 spiro atoms. The number of benzene rings is 1. The molecular formula is C21H34N4O. The molecule has 0 aromatic heterocycles. The Balaban J connectivity index is 1.55. The maximum Gasteiger partial charge on any atom is 0.191 e. The quantitative estimate of drug-likeness (QED) is 0.641. The first kappa shape index (κ1) is 19.0. The maximum absolute atomic E-state index is 6.13. The van der Waals surface area contributed by atoms with E-state index >= 15 is 0 Å². The molecule has 0 radical (unpaired) electrons. The minimum atomic E-state index is -0.182. The van der Waals surface area contributed by atoms with Crippen LogP contribution in [0.15, 0.2) is 29.3 Å². The zero-order valence-corrected chi connectivity index (χ0v) is 16.7. The van der Waals surface area contributed by atoms with E-state index in [9.17, 15) is 0 Å². The molecule has 1 atom stereocenters. The third-order valence-corrected chi connectivity index (χ3v) is 5.59. The predicted octanol–water partition coefficient (Wildman–Crippen LogP) is 3.19. The zero-order chi connectivity index (χ0) is 18.6. The molecule has 1 fully saturated rings. The van der Waals surface area contributed by atoms with Gasteiger partial charge in [0.2, 0.25) is 0 Å². The number of ether oxygens (including phenoxy) is 1. The van der Waals surface area contributed by atoms with Crippen molar-refractivity contribution in [3.05, 3.63) is 29.8 Å². The standard InChI is InChI=1S/C21H34N4O/c1-21(2)15-18(17-7-5-6-8-19(17)26-21)24-20(22-3)23-12-9-16-10-13-25(4)14-11-16/h5-8,16,18H,9-15H2,1-4H3,(H2,22,23,24). The second-order valence-electron chi connectivity index (χ2n) is 8.33. The van der Waals surface area contributed by atoms with Crippen molar-refractivity contribution in [1.82, 2.24) is 15.5 Å². The minimum absolute atomic E-state index is 0.182. The molecular weight excluding hydrogens is 324 g/mol. The molecule has 0 aliphatic carbocycles. The lowest BCUT2D eigenvalue weighted by atomic mass is 9.90. The number of hydrogen-bond donors (Lipinski definition) is 2. The highest BCUT2D eigenvalue weighted by Gasteiger charge is 2.33. The highest BCUT2D eigenvalue weighted by molar-refractivity contribution is 5.80. The highest BCUT2D eigenvalue weighted by atomic mass is 16.5. The van der Waals surface area contributed by atoms with Crippen LogP contribution in [0.3, 0.4) is 0 Å². The number of nitrogens with one attached hydrogen (secondary N) is 2. The number of guanidine groups is 1. The van der Waals surface area contributed by atoms with Crippen molar-refractivity contribution >= 4 is 5.96 Å². The SMILES string of the molecule is CN=C(NCCC1CCN(C)CC1)NC1CC(C)(C)Oc2ccccc21. The fraction of sp³-hybridized carbons (Fsp3) is 0.667. The Labute approximate surface area is 158 Å². The third-order valence-electron chi connectivity index (χ3n) is 5.59. The third kappa shape index (κ3) is 4.91. The summed E-state index contributed by atoms with van der Waals surface area (Å²) in [5.41, 5.74) is 1.03. The van der Waals surface area contributed by atoms with Gasteiger partial charge in [-0.3, -0.25) is 4.99 Å². The van der Waals surface area contributed by atoms with Crippen LogP contribution in [0.2, 0.25) is 0 Å². The van der Waals surface area contributed by atoms with Crippen LogP contribution in [0, 0.1) is 5.92 Å². The molecule has 2 aliphatic heterocycles. The summed E-state index contributed by atoms with van der Waals surface area (Å²) in [4.78, 5) is 6.87. The maximum atomic E-state index is 6.13. The lowest BCUT2D eigenvalue weighted by Gasteiger charge is -2.38. The lowest BCUT2D eigenvalue weighted by molar-refractivity contribution is 0.0694. The average molecular weight is 359 g/mol. The first-order chi connectivity index (χ1) is 12.5. The summed E-state index contributed by atoms with van der Waals surface area (Å²) in [6.07, 6.45) is 4.75. The van der Waals surface area contributed by atoms with Crippen molar-refractivity contribution in [2.24, 2.45) is 10.9 Å². The van der Waals surface area contributed by atoms with Crippen LogP contribution in [0.25, 0.3) is 0 Å². The van der Waals surface area contributed by atoms with Crippen molar-refractivity contribution in [1.29, 1.82) is 0 Å². The van der Waals surface area contributed by atoms with Gasteiger partial charge in [-0.1, -0.05) is 18.2 Å². The Bertz CT molecular complexity index is 620. The van der Waals surface area contributed by atoms with Gasteiger partial charge in [0.05, 0.1) is 6.04 Å². The monoisotopic (exact) mass is 358 g/mol. The van der Waals surface area contributed by atoms with Gasteiger partial charge in [0, 0.05) is 25.6 Å². The second kappa shape index (κ2) is 8.30. The minimum Gasteiger partial charge on any atom is -0.487 e. The first-order valence-corrected chi connectivity index (χ1v) is 9.90. The van der Waals surface area contributed by atoms with E-state index < -0.39 is 0 Å². The van der Waals surface area contributed by atoms with Crippen LogP contribution in [0.5, 0.6) is 5.75 Å². The molecule has 5 heteroatoms. The van der Waals surface area contributed by atoms with Gasteiger partial charge in [0.15, 0.2) is 5.96 Å². The second-order valence-corrected chi connectivity index (χ2v) is 8.33. The summed E-state index contributed by atoms with van der Waals surface area (Å²) >= 11 is 0. The largest absolute Gasteiger partial charge is 0.487 e. The summed E-state index contributed by atoms with van der Waals surface area (Å²) in [7, 11) is 4.06. The Morgan fingerprint density at radius 3 is 2.73 bits per heavy atom. The highest BCUT2D eigenvalue weighted by Crippen LogP contribution is 2.39. The van der Waals surface area contributed by atoms with Crippen molar-refractivity contribution in [3.8, 4) is 5.75 Å². The Morgan fingerprint density at radius 1 is 1.27 bits per heavy atom. The first-order valence-electron chi connectivity index (χ1n) is 9.90. The van der Waals surface area contributed by atoms with Gasteiger partial charge in [0.1, 0.15) is 11.4 Å². The summed E-state index contributed by atoms with van der Waals surface area (Å²) < 4.78 is 6.13. The predicted molar refractivity (Wildman–Crippen MR) is 108 cm³/mol. The van der Waals surface area contributed by atoms with Crippen LogP contribution in [-0.4, -0.2) is 50.2 Å². The average Bonchev–Trinajstić information content (AvgIpc) is 2.61. The number of nitrogens with zero attached hydrogens (tertiary/aromatic N) is 2. The number of rotatable bonds is 4. The van der Waals surface area contributed by atoms with Crippen molar-refractivity contribution < 1.29 is 4.74 Å². The van der Waals surface area contributed by atoms with E-state index in [4.69, 9.17) is 4.74 Å². The summed E-state index contributed by atoms with van der Waals surface area (Å²) in [5, 5.41) is 7.13. The van der Waals surface area contributed by atoms with E-state index in [2.05, 4.69) is 59.6 Å². The molecule has 1 saturated heterocycles. The molecule has 2 heterocycles. The molecule has 1 aromatic carbocycles. The van der Waals surface area contributed by atoms with E-state index in [0.29, 0.717) is 0 Å². The summed E-state index contributed by atoms with van der Waals surface area (Å²) in [5.74, 6) is 2.69. The molecule has 5 nitrogen and oxygen atoms in total. The van der Waals surface area contributed by atoms with Gasteiger partial charge in [0.25, 0.3) is 0 Å². The molecule has 0 saturated carbocycles. The number of hydrogen-bond acceptors (Lipinski definition) is 3. The molecule has 0 amide bonds. The van der Waals surface area contributed by atoms with E-state index in [1.165, 1.54) is 37.9 Å². The van der Waals surface area contributed by atoms with E-state index in [1.807, 2.05) is 13.1 Å². The summed E-state index contributed by atoms with van der Waals surface area (Å²) in [6.45, 7) is 7.72. The molecule has 144 valence electrons. The number of fused-ring (bicyclic) bond motifs is 1. The topological polar surface area (TPSA) is 48.9 Å². The van der Waals surface area contributed by atoms with Gasteiger partial charge >= 0.3 is 0 Å². The van der Waals surface area contributed by atoms with E-state index in [0.717, 1.165) is 30.6 Å². The van der Waals surface area contributed by atoms with Crippen LogP contribution in [-0.2, 0) is 0 Å². The fourth-order valence-corrected chi connectivity index (χ4v) is 4.04. The van der Waals surface area contributed by atoms with Crippen molar-refractivity contribution in [3.63, 3.8) is 0 Å². The van der Waals surface area contributed by atoms with Gasteiger partial charge < -0.3 is 20.3 Å². The molecule has 1 aromatic rings. The van der Waals surface area contributed by atoms with Crippen LogP contribution in [0.4, 0.5) is 0 Å². The Kier molecular flexibility index (Phi) is 6.07. The molecule has 26 heavy (non-hydrogen) atoms. The smallest absolute Gasteiger partial charge is 0.191 e. The summed E-state index contributed by atoms with van der Waals surface area (Å²) in [6, 6.07) is 8.52. The van der Waals surface area contributed by atoms with Crippen LogP contribution in [0.1, 0.15) is 51.1 Å². The van der Waals surface area contributed by atoms with Gasteiger partial charge in [-0.25, -0.2) is 0 Å². The molecule has 1 unspecified atom stereocenters. The zero-order valence-electron chi connectivity index (χ0n) is 16.7.